The van der Waals surface area contributed by atoms with Crippen molar-refractivity contribution >= 4 is 38.4 Å². The zero-order chi connectivity index (χ0) is 9.26. The monoisotopic (exact) mass is 254 g/mol. The highest BCUT2D eigenvalue weighted by Gasteiger charge is 2.06. The Bertz CT molecular complexity index is 423. The molecule has 0 spiro atoms. The van der Waals surface area contributed by atoms with Gasteiger partial charge in [-0.2, -0.15) is 0 Å². The molecule has 2 aromatic carbocycles. The molecule has 3 heteroatoms. The molecular weight excluding hydrogens is 247 g/mol. The average Bonchev–Trinajstić information content (AvgIpc) is 2.17. The Hall–Kier alpha value is -0.430. The van der Waals surface area contributed by atoms with E-state index in [0.29, 0.717) is 0 Å². The minimum atomic E-state index is -1.18. The van der Waals surface area contributed by atoms with Crippen LogP contribution in [0.4, 0.5) is 0 Å². The molecule has 0 amide bonds. The fraction of sp³-hybridized carbons (Fsp3) is 0. The molecular formula is C10H8BrOP. The van der Waals surface area contributed by atoms with Crippen molar-refractivity contribution in [3.8, 4) is 0 Å². The SMILES string of the molecule is OP(Br)c1cccc2ccccc12. The van der Waals surface area contributed by atoms with Gasteiger partial charge >= 0.3 is 0 Å². The summed E-state index contributed by atoms with van der Waals surface area (Å²) in [6.45, 7) is -1.18. The molecule has 0 fully saturated rings. The van der Waals surface area contributed by atoms with E-state index < -0.39 is 6.85 Å². The van der Waals surface area contributed by atoms with Gasteiger partial charge in [-0.25, -0.2) is 0 Å². The van der Waals surface area contributed by atoms with E-state index in [1.54, 1.807) is 0 Å². The molecule has 0 aliphatic rings. The van der Waals surface area contributed by atoms with Gasteiger partial charge < -0.3 is 4.89 Å². The maximum Gasteiger partial charge on any atom is 0.128 e. The van der Waals surface area contributed by atoms with Crippen molar-refractivity contribution in [1.29, 1.82) is 0 Å². The minimum Gasteiger partial charge on any atom is -0.359 e. The second-order valence-corrected chi connectivity index (χ2v) is 5.78. The van der Waals surface area contributed by atoms with E-state index in [9.17, 15) is 4.89 Å². The Morgan fingerprint density at radius 1 is 1.00 bits per heavy atom. The zero-order valence-electron chi connectivity index (χ0n) is 6.81. The highest BCUT2D eigenvalue weighted by atomic mass is 79.9. The first-order valence-corrected chi connectivity index (χ1v) is 7.23. The summed E-state index contributed by atoms with van der Waals surface area (Å²) in [6, 6.07) is 14.0. The van der Waals surface area contributed by atoms with Crippen molar-refractivity contribution in [3.05, 3.63) is 42.5 Å². The van der Waals surface area contributed by atoms with Crippen LogP contribution in [0.25, 0.3) is 10.8 Å². The predicted molar refractivity (Wildman–Crippen MR) is 61.6 cm³/mol. The summed E-state index contributed by atoms with van der Waals surface area (Å²) in [5.74, 6) is 0. The lowest BCUT2D eigenvalue weighted by Gasteiger charge is -2.06. The van der Waals surface area contributed by atoms with Gasteiger partial charge in [0.1, 0.15) is 6.85 Å². The van der Waals surface area contributed by atoms with Crippen molar-refractivity contribution in [3.63, 3.8) is 0 Å². The van der Waals surface area contributed by atoms with Crippen LogP contribution >= 0.6 is 22.3 Å². The molecule has 0 saturated heterocycles. The minimum absolute atomic E-state index is 0.980. The normalized spacial score (nSPS) is 13.1. The van der Waals surface area contributed by atoms with Crippen LogP contribution in [-0.4, -0.2) is 4.89 Å². The molecule has 66 valence electrons. The summed E-state index contributed by atoms with van der Waals surface area (Å²) >= 11 is 3.22. The molecule has 13 heavy (non-hydrogen) atoms. The summed E-state index contributed by atoms with van der Waals surface area (Å²) in [6.07, 6.45) is 0. The molecule has 0 radical (unpaired) electrons. The molecule has 1 nitrogen and oxygen atoms in total. The first-order chi connectivity index (χ1) is 6.29. The Morgan fingerprint density at radius 3 is 2.46 bits per heavy atom. The van der Waals surface area contributed by atoms with Crippen LogP contribution in [0.15, 0.2) is 42.5 Å². The van der Waals surface area contributed by atoms with E-state index in [-0.39, 0.29) is 0 Å². The maximum absolute atomic E-state index is 9.50. The van der Waals surface area contributed by atoms with Gasteiger partial charge in [0.15, 0.2) is 0 Å². The highest BCUT2D eigenvalue weighted by Crippen LogP contribution is 2.39. The standard InChI is InChI=1S/C10H8BrOP/c11-13(12)10-7-3-5-8-4-1-2-6-9(8)10/h1-7,12H. The number of rotatable bonds is 1. The van der Waals surface area contributed by atoms with Gasteiger partial charge in [-0.05, 0) is 26.3 Å². The quantitative estimate of drug-likeness (QED) is 0.776. The molecule has 1 atom stereocenters. The van der Waals surface area contributed by atoms with Crippen LogP contribution in [0.1, 0.15) is 0 Å². The Labute approximate surface area is 86.0 Å². The van der Waals surface area contributed by atoms with Crippen LogP contribution in [0.2, 0.25) is 0 Å². The van der Waals surface area contributed by atoms with Crippen LogP contribution < -0.4 is 5.30 Å². The average molecular weight is 255 g/mol. The molecule has 0 bridgehead atoms. The Morgan fingerprint density at radius 2 is 1.69 bits per heavy atom. The van der Waals surface area contributed by atoms with Gasteiger partial charge in [0, 0.05) is 5.30 Å². The van der Waals surface area contributed by atoms with Crippen LogP contribution in [0.5, 0.6) is 0 Å². The first-order valence-electron chi connectivity index (χ1n) is 3.91. The van der Waals surface area contributed by atoms with Crippen LogP contribution in [0.3, 0.4) is 0 Å². The molecule has 2 aromatic rings. The van der Waals surface area contributed by atoms with E-state index in [4.69, 9.17) is 0 Å². The Kier molecular flexibility index (Phi) is 2.63. The molecule has 1 N–H and O–H groups in total. The first kappa shape index (κ1) is 9.14. The molecule has 0 saturated carbocycles. The lowest BCUT2D eigenvalue weighted by atomic mass is 10.1. The summed E-state index contributed by atoms with van der Waals surface area (Å²) in [5, 5.41) is 3.27. The van der Waals surface area contributed by atoms with Gasteiger partial charge in [0.25, 0.3) is 0 Å². The molecule has 1 unspecified atom stereocenters. The fourth-order valence-corrected chi connectivity index (χ4v) is 2.91. The van der Waals surface area contributed by atoms with Crippen molar-refractivity contribution < 1.29 is 4.89 Å². The smallest absolute Gasteiger partial charge is 0.128 e. The molecule has 0 heterocycles. The second kappa shape index (κ2) is 3.75. The van der Waals surface area contributed by atoms with Crippen molar-refractivity contribution in [1.82, 2.24) is 0 Å². The predicted octanol–water partition coefficient (Wildman–Crippen LogP) is 3.16. The van der Waals surface area contributed by atoms with Crippen molar-refractivity contribution in [2.45, 2.75) is 0 Å². The van der Waals surface area contributed by atoms with Crippen LogP contribution in [0, 0.1) is 0 Å². The molecule has 0 aliphatic heterocycles. The summed E-state index contributed by atoms with van der Waals surface area (Å²) < 4.78 is 0. The van der Waals surface area contributed by atoms with E-state index >= 15 is 0 Å². The lowest BCUT2D eigenvalue weighted by Crippen LogP contribution is -1.97. The van der Waals surface area contributed by atoms with Gasteiger partial charge in [-0.15, -0.1) is 0 Å². The number of hydrogen-bond donors (Lipinski definition) is 1. The van der Waals surface area contributed by atoms with Gasteiger partial charge in [-0.1, -0.05) is 42.5 Å². The topological polar surface area (TPSA) is 20.2 Å². The van der Waals surface area contributed by atoms with Crippen molar-refractivity contribution in [2.75, 3.05) is 0 Å². The fourth-order valence-electron chi connectivity index (χ4n) is 1.37. The van der Waals surface area contributed by atoms with Gasteiger partial charge in [-0.3, -0.25) is 0 Å². The van der Waals surface area contributed by atoms with Gasteiger partial charge in [0.05, 0.1) is 0 Å². The highest BCUT2D eigenvalue weighted by molar-refractivity contribution is 9.39. The number of benzene rings is 2. The number of halogens is 1. The van der Waals surface area contributed by atoms with Gasteiger partial charge in [0.2, 0.25) is 0 Å². The molecule has 0 aromatic heterocycles. The van der Waals surface area contributed by atoms with E-state index in [1.165, 1.54) is 5.39 Å². The van der Waals surface area contributed by atoms with E-state index in [2.05, 4.69) is 15.5 Å². The summed E-state index contributed by atoms with van der Waals surface area (Å²) in [4.78, 5) is 9.50. The van der Waals surface area contributed by atoms with Crippen LogP contribution in [-0.2, 0) is 0 Å². The third-order valence-electron chi connectivity index (χ3n) is 1.97. The maximum atomic E-state index is 9.50. The largest absolute Gasteiger partial charge is 0.359 e. The number of hydrogen-bond acceptors (Lipinski definition) is 1. The van der Waals surface area contributed by atoms with E-state index in [1.807, 2.05) is 42.5 Å². The third-order valence-corrected chi connectivity index (χ3v) is 3.90. The third kappa shape index (κ3) is 1.76. The second-order valence-electron chi connectivity index (χ2n) is 2.76. The van der Waals surface area contributed by atoms with E-state index in [0.717, 1.165) is 10.7 Å². The molecule has 2 rings (SSSR count). The van der Waals surface area contributed by atoms with Crippen molar-refractivity contribution in [2.24, 2.45) is 0 Å². The Balaban J connectivity index is 2.76. The summed E-state index contributed by atoms with van der Waals surface area (Å²) in [5.41, 5.74) is 0. The summed E-state index contributed by atoms with van der Waals surface area (Å²) in [7, 11) is 0. The molecule has 0 aliphatic carbocycles. The lowest BCUT2D eigenvalue weighted by molar-refractivity contribution is 0.652. The zero-order valence-corrected chi connectivity index (χ0v) is 9.29. The number of fused-ring (bicyclic) bond motifs is 1.